The van der Waals surface area contributed by atoms with Crippen LogP contribution in [0.25, 0.3) is 0 Å². The van der Waals surface area contributed by atoms with Gasteiger partial charge in [0.2, 0.25) is 0 Å². The van der Waals surface area contributed by atoms with Crippen LogP contribution in [0.2, 0.25) is 0 Å². The van der Waals surface area contributed by atoms with E-state index < -0.39 is 22.2 Å². The fourth-order valence-electron chi connectivity index (χ4n) is 2.69. The van der Waals surface area contributed by atoms with E-state index in [1.54, 1.807) is 12.1 Å². The largest absolute Gasteiger partial charge is 0.460 e. The van der Waals surface area contributed by atoms with Crippen LogP contribution >= 0.6 is 0 Å². The molecule has 2 rings (SSSR count). The van der Waals surface area contributed by atoms with Crippen LogP contribution in [0.15, 0.2) is 59.5 Å². The van der Waals surface area contributed by atoms with Crippen molar-refractivity contribution in [2.75, 3.05) is 13.2 Å². The number of carbonyl (C=O) groups is 1. The molecule has 2 aromatic rings. The van der Waals surface area contributed by atoms with Gasteiger partial charge in [0.05, 0.1) is 11.5 Å². The Kier molecular flexibility index (Phi) is 9.31. The normalized spacial score (nSPS) is 12.5. The van der Waals surface area contributed by atoms with Crippen LogP contribution in [0.3, 0.4) is 0 Å². The third-order valence-electron chi connectivity index (χ3n) is 4.23. The Balaban J connectivity index is 1.75. The topological polar surface area (TPSA) is 78.9 Å². The maximum atomic E-state index is 12.3. The molecule has 0 unspecified atom stereocenters. The summed E-state index contributed by atoms with van der Waals surface area (Å²) in [6.07, 6.45) is 1.37. The quantitative estimate of drug-likeness (QED) is 0.293. The number of unbranched alkanes of at least 4 members (excludes halogenated alkanes) is 1. The molecule has 0 spiro atoms. The lowest BCUT2D eigenvalue weighted by atomic mass is 10.1. The third kappa shape index (κ3) is 8.77. The standard InChI is InChI=1S/C22H28O6S/c1-18-11-13-22(14-12-18)29(24,25)27-17-21(28-19(2)23)10-6-7-15-26-16-20-8-4-3-5-9-20/h3-5,8-9,11-14,21H,6-7,10,15-17H2,1-2H3/t21-/m1/s1. The van der Waals surface area contributed by atoms with Crippen molar-refractivity contribution in [1.29, 1.82) is 0 Å². The van der Waals surface area contributed by atoms with Gasteiger partial charge in [0.25, 0.3) is 10.1 Å². The van der Waals surface area contributed by atoms with E-state index in [2.05, 4.69) is 0 Å². The summed E-state index contributed by atoms with van der Waals surface area (Å²) in [5, 5.41) is 0. The monoisotopic (exact) mass is 420 g/mol. The van der Waals surface area contributed by atoms with Gasteiger partial charge in [-0.25, -0.2) is 0 Å². The molecule has 29 heavy (non-hydrogen) atoms. The maximum absolute atomic E-state index is 12.3. The molecule has 6 nitrogen and oxygen atoms in total. The van der Waals surface area contributed by atoms with Crippen molar-refractivity contribution in [2.45, 2.75) is 50.7 Å². The number of hydrogen-bond acceptors (Lipinski definition) is 6. The van der Waals surface area contributed by atoms with Gasteiger partial charge >= 0.3 is 5.97 Å². The molecule has 0 radical (unpaired) electrons. The van der Waals surface area contributed by atoms with Gasteiger partial charge in [0.1, 0.15) is 12.7 Å². The van der Waals surface area contributed by atoms with Gasteiger partial charge in [-0.15, -0.1) is 0 Å². The molecule has 158 valence electrons. The van der Waals surface area contributed by atoms with Gasteiger partial charge in [-0.05, 0) is 43.9 Å². The van der Waals surface area contributed by atoms with E-state index in [0.717, 1.165) is 24.0 Å². The molecule has 0 N–H and O–H groups in total. The number of ether oxygens (including phenoxy) is 2. The van der Waals surface area contributed by atoms with E-state index >= 15 is 0 Å². The molecule has 0 aliphatic carbocycles. The fourth-order valence-corrected chi connectivity index (χ4v) is 3.63. The SMILES string of the molecule is CC(=O)O[C@H](CCCCOCc1ccccc1)COS(=O)(=O)c1ccc(C)cc1. The van der Waals surface area contributed by atoms with Gasteiger partial charge in [-0.1, -0.05) is 48.0 Å². The highest BCUT2D eigenvalue weighted by Crippen LogP contribution is 2.15. The first kappa shape index (κ1) is 23.1. The predicted molar refractivity (Wildman–Crippen MR) is 110 cm³/mol. The molecule has 0 aliphatic rings. The van der Waals surface area contributed by atoms with Crippen LogP contribution in [0, 0.1) is 6.92 Å². The first-order chi connectivity index (χ1) is 13.9. The van der Waals surface area contributed by atoms with Crippen molar-refractivity contribution in [1.82, 2.24) is 0 Å². The second kappa shape index (κ2) is 11.7. The van der Waals surface area contributed by atoms with Crippen LogP contribution in [0.4, 0.5) is 0 Å². The van der Waals surface area contributed by atoms with Crippen LogP contribution < -0.4 is 0 Å². The fraction of sp³-hybridized carbons (Fsp3) is 0.409. The summed E-state index contributed by atoms with van der Waals surface area (Å²) in [5.74, 6) is -0.466. The molecule has 1 atom stereocenters. The van der Waals surface area contributed by atoms with Crippen molar-refractivity contribution in [3.05, 3.63) is 65.7 Å². The van der Waals surface area contributed by atoms with Gasteiger partial charge < -0.3 is 9.47 Å². The second-order valence-corrected chi connectivity index (χ2v) is 8.43. The molecule has 2 aromatic carbocycles. The number of aryl methyl sites for hydroxylation is 1. The zero-order chi connectivity index (χ0) is 21.1. The molecule has 7 heteroatoms. The minimum Gasteiger partial charge on any atom is -0.460 e. The van der Waals surface area contributed by atoms with Crippen molar-refractivity contribution in [3.63, 3.8) is 0 Å². The van der Waals surface area contributed by atoms with Crippen LogP contribution in [0.1, 0.15) is 37.3 Å². The van der Waals surface area contributed by atoms with E-state index in [9.17, 15) is 13.2 Å². The Labute approximate surface area is 172 Å². The third-order valence-corrected chi connectivity index (χ3v) is 5.52. The number of esters is 1. The Hall–Kier alpha value is -2.22. The van der Waals surface area contributed by atoms with Crippen LogP contribution in [-0.4, -0.2) is 33.7 Å². The van der Waals surface area contributed by atoms with Gasteiger partial charge in [0, 0.05) is 13.5 Å². The summed E-state index contributed by atoms with van der Waals surface area (Å²) < 4.78 is 40.6. The van der Waals surface area contributed by atoms with E-state index in [1.165, 1.54) is 19.1 Å². The first-order valence-corrected chi connectivity index (χ1v) is 11.0. The molecule has 0 aliphatic heterocycles. The summed E-state index contributed by atoms with van der Waals surface area (Å²) in [6.45, 7) is 4.08. The zero-order valence-electron chi connectivity index (χ0n) is 16.9. The summed E-state index contributed by atoms with van der Waals surface area (Å²) in [4.78, 5) is 11.4. The molecule has 0 heterocycles. The molecule has 0 saturated carbocycles. The Bertz CT molecular complexity index is 847. The summed E-state index contributed by atoms with van der Waals surface area (Å²) in [6, 6.07) is 16.3. The molecular formula is C22H28O6S. The summed E-state index contributed by atoms with van der Waals surface area (Å²) in [5.41, 5.74) is 2.07. The van der Waals surface area contributed by atoms with Crippen molar-refractivity contribution in [2.24, 2.45) is 0 Å². The molecule has 0 bridgehead atoms. The lowest BCUT2D eigenvalue weighted by Crippen LogP contribution is -2.24. The van der Waals surface area contributed by atoms with Crippen LogP contribution in [0.5, 0.6) is 0 Å². The van der Waals surface area contributed by atoms with E-state index in [0.29, 0.717) is 19.6 Å². The van der Waals surface area contributed by atoms with Crippen molar-refractivity contribution < 1.29 is 26.9 Å². The lowest BCUT2D eigenvalue weighted by Gasteiger charge is -2.17. The van der Waals surface area contributed by atoms with Crippen LogP contribution in [-0.2, 0) is 35.2 Å². The summed E-state index contributed by atoms with van der Waals surface area (Å²) >= 11 is 0. The highest BCUT2D eigenvalue weighted by atomic mass is 32.2. The average molecular weight is 421 g/mol. The Morgan fingerprint density at radius 2 is 1.69 bits per heavy atom. The number of benzene rings is 2. The lowest BCUT2D eigenvalue weighted by molar-refractivity contribution is -0.148. The maximum Gasteiger partial charge on any atom is 0.302 e. The Morgan fingerprint density at radius 1 is 1.00 bits per heavy atom. The predicted octanol–water partition coefficient (Wildman–Crippen LogP) is 4.02. The van der Waals surface area contributed by atoms with E-state index in [1.807, 2.05) is 37.3 Å². The van der Waals surface area contributed by atoms with Crippen molar-refractivity contribution in [3.8, 4) is 0 Å². The highest BCUT2D eigenvalue weighted by molar-refractivity contribution is 7.86. The minimum atomic E-state index is -3.89. The van der Waals surface area contributed by atoms with E-state index in [4.69, 9.17) is 13.7 Å². The second-order valence-electron chi connectivity index (χ2n) is 6.82. The molecule has 0 aromatic heterocycles. The Morgan fingerprint density at radius 3 is 2.34 bits per heavy atom. The molecule has 0 amide bonds. The van der Waals surface area contributed by atoms with Crippen molar-refractivity contribution >= 4 is 16.1 Å². The van der Waals surface area contributed by atoms with E-state index in [-0.39, 0.29) is 11.5 Å². The highest BCUT2D eigenvalue weighted by Gasteiger charge is 2.20. The number of hydrogen-bond donors (Lipinski definition) is 0. The number of rotatable bonds is 12. The summed E-state index contributed by atoms with van der Waals surface area (Å²) in [7, 11) is -3.89. The average Bonchev–Trinajstić information content (AvgIpc) is 2.69. The van der Waals surface area contributed by atoms with Gasteiger partial charge in [-0.3, -0.25) is 8.98 Å². The molecule has 0 saturated heterocycles. The minimum absolute atomic E-state index is 0.0824. The first-order valence-electron chi connectivity index (χ1n) is 9.62. The molecular weight excluding hydrogens is 392 g/mol. The van der Waals surface area contributed by atoms with Gasteiger partial charge in [0.15, 0.2) is 0 Å². The number of carbonyl (C=O) groups excluding carboxylic acids is 1. The van der Waals surface area contributed by atoms with Gasteiger partial charge in [-0.2, -0.15) is 8.42 Å². The zero-order valence-corrected chi connectivity index (χ0v) is 17.7. The molecule has 0 fully saturated rings. The smallest absolute Gasteiger partial charge is 0.302 e.